The summed E-state index contributed by atoms with van der Waals surface area (Å²) in [5.74, 6) is -1.37. The van der Waals surface area contributed by atoms with Gasteiger partial charge < -0.3 is 5.32 Å². The number of nitrogens with one attached hydrogen (secondary N) is 1. The lowest BCUT2D eigenvalue weighted by Crippen LogP contribution is -2.41. The minimum absolute atomic E-state index is 0.00542. The second-order valence-electron chi connectivity index (χ2n) is 4.01. The number of nitrogens with zero attached hydrogens (tertiary/aromatic N) is 1. The smallest absolute Gasteiger partial charge is 0.229 e. The molecule has 92 valence electrons. The van der Waals surface area contributed by atoms with Crippen LogP contribution in [0.1, 0.15) is 20.8 Å². The van der Waals surface area contributed by atoms with Crippen molar-refractivity contribution in [2.24, 2.45) is 0 Å². The molecule has 1 aliphatic carbocycles. The fourth-order valence-corrected chi connectivity index (χ4v) is 3.54. The van der Waals surface area contributed by atoms with Crippen molar-refractivity contribution >= 4 is 21.4 Å². The second-order valence-corrected chi connectivity index (χ2v) is 6.05. The summed E-state index contributed by atoms with van der Waals surface area (Å²) in [6.07, 6.45) is 1.40. The molecule has 0 aromatic carbocycles. The zero-order chi connectivity index (χ0) is 12.9. The number of aromatic nitrogens is 1. The molecule has 6 nitrogen and oxygen atoms in total. The zero-order valence-corrected chi connectivity index (χ0v) is 9.95. The molecule has 0 saturated heterocycles. The molecule has 1 N–H and O–H groups in total. The van der Waals surface area contributed by atoms with E-state index in [0.717, 1.165) is 0 Å². The van der Waals surface area contributed by atoms with Gasteiger partial charge in [0.15, 0.2) is 9.84 Å². The summed E-state index contributed by atoms with van der Waals surface area (Å²) in [5.41, 5.74) is -0.0863. The number of hydrogen-bond donors (Lipinski definition) is 1. The number of Topliss-reactive ketones (excluding diaryl/α,β-unsaturated/α-hetero) is 2. The van der Waals surface area contributed by atoms with Gasteiger partial charge in [0, 0.05) is 12.7 Å². The Labute approximate surface area is 103 Å². The Morgan fingerprint density at radius 3 is 2.78 bits per heavy atom. The number of fused-ring (bicyclic) bond motifs is 1. The van der Waals surface area contributed by atoms with Crippen LogP contribution >= 0.6 is 0 Å². The molecule has 0 atom stereocenters. The number of carbonyl (C=O) groups is 2. The van der Waals surface area contributed by atoms with Crippen molar-refractivity contribution in [3.05, 3.63) is 40.2 Å². The summed E-state index contributed by atoms with van der Waals surface area (Å²) in [6.45, 7) is 0.127. The Balaban J connectivity index is 2.34. The van der Waals surface area contributed by atoms with E-state index in [1.54, 1.807) is 0 Å². The second kappa shape index (κ2) is 3.49. The summed E-state index contributed by atoms with van der Waals surface area (Å²) in [6, 6.07) is 2.91. The average Bonchev–Trinajstić information content (AvgIpc) is 2.35. The summed E-state index contributed by atoms with van der Waals surface area (Å²) < 4.78 is 23.8. The van der Waals surface area contributed by atoms with Crippen molar-refractivity contribution in [1.82, 2.24) is 10.3 Å². The lowest BCUT2D eigenvalue weighted by Gasteiger charge is -2.24. The third kappa shape index (κ3) is 1.34. The van der Waals surface area contributed by atoms with Gasteiger partial charge in [-0.15, -0.1) is 0 Å². The quantitative estimate of drug-likeness (QED) is 0.691. The number of ketones is 2. The first-order valence-electron chi connectivity index (χ1n) is 5.28. The fourth-order valence-electron chi connectivity index (χ4n) is 2.10. The van der Waals surface area contributed by atoms with Gasteiger partial charge in [0.25, 0.3) is 0 Å². The van der Waals surface area contributed by atoms with E-state index in [9.17, 15) is 18.0 Å². The molecule has 1 aromatic rings. The van der Waals surface area contributed by atoms with E-state index in [2.05, 4.69) is 10.3 Å². The van der Waals surface area contributed by atoms with Crippen molar-refractivity contribution in [1.29, 1.82) is 0 Å². The van der Waals surface area contributed by atoms with Crippen LogP contribution in [0.25, 0.3) is 0 Å². The predicted molar refractivity (Wildman–Crippen MR) is 61.7 cm³/mol. The zero-order valence-electron chi connectivity index (χ0n) is 9.13. The van der Waals surface area contributed by atoms with E-state index in [0.29, 0.717) is 0 Å². The number of pyridine rings is 1. The SMILES string of the molecule is O=C1C2=C(NCCS2(=O)=O)C(=O)c2ncccc21. The Bertz CT molecular complexity index is 718. The van der Waals surface area contributed by atoms with Crippen LogP contribution in [0.15, 0.2) is 28.9 Å². The van der Waals surface area contributed by atoms with Crippen molar-refractivity contribution in [3.8, 4) is 0 Å². The first-order valence-corrected chi connectivity index (χ1v) is 6.93. The van der Waals surface area contributed by atoms with E-state index in [1.807, 2.05) is 0 Å². The van der Waals surface area contributed by atoms with Gasteiger partial charge in [-0.3, -0.25) is 14.6 Å². The molecule has 18 heavy (non-hydrogen) atoms. The Kier molecular flexibility index (Phi) is 2.15. The molecule has 1 aliphatic heterocycles. The molecule has 0 bridgehead atoms. The molecule has 3 rings (SSSR count). The van der Waals surface area contributed by atoms with Gasteiger partial charge in [-0.25, -0.2) is 8.42 Å². The lowest BCUT2D eigenvalue weighted by atomic mass is 9.97. The van der Waals surface area contributed by atoms with E-state index in [1.165, 1.54) is 18.3 Å². The minimum atomic E-state index is -3.69. The standard InChI is InChI=1S/C11H8N2O4S/c14-9-6-2-1-3-12-7(6)10(15)8-11(9)18(16,17)5-4-13-8/h1-3,13H,4-5H2. The lowest BCUT2D eigenvalue weighted by molar-refractivity contribution is 0.0969. The normalized spacial score (nSPS) is 21.1. The first kappa shape index (κ1) is 11.1. The highest BCUT2D eigenvalue weighted by Crippen LogP contribution is 2.29. The molecule has 2 heterocycles. The predicted octanol–water partition coefficient (Wildman–Crippen LogP) is -0.310. The van der Waals surface area contributed by atoms with Gasteiger partial charge in [-0.05, 0) is 12.1 Å². The van der Waals surface area contributed by atoms with E-state index < -0.39 is 26.3 Å². The summed E-state index contributed by atoms with van der Waals surface area (Å²) in [4.78, 5) is 27.7. The third-order valence-electron chi connectivity index (χ3n) is 2.91. The Morgan fingerprint density at radius 2 is 2.00 bits per heavy atom. The highest BCUT2D eigenvalue weighted by Gasteiger charge is 2.41. The van der Waals surface area contributed by atoms with Gasteiger partial charge in [0.05, 0.1) is 11.3 Å². The van der Waals surface area contributed by atoms with Gasteiger partial charge in [-0.2, -0.15) is 0 Å². The van der Waals surface area contributed by atoms with Crippen LogP contribution in [0.3, 0.4) is 0 Å². The number of carbonyl (C=O) groups excluding carboxylic acids is 2. The van der Waals surface area contributed by atoms with Gasteiger partial charge in [0.2, 0.25) is 11.6 Å². The fraction of sp³-hybridized carbons (Fsp3) is 0.182. The van der Waals surface area contributed by atoms with Crippen molar-refractivity contribution in [3.63, 3.8) is 0 Å². The molecule has 0 unspecified atom stereocenters. The van der Waals surface area contributed by atoms with Crippen LogP contribution in [-0.4, -0.2) is 37.3 Å². The van der Waals surface area contributed by atoms with E-state index in [-0.39, 0.29) is 29.3 Å². The van der Waals surface area contributed by atoms with Crippen molar-refractivity contribution < 1.29 is 18.0 Å². The van der Waals surface area contributed by atoms with Crippen LogP contribution < -0.4 is 5.32 Å². The molecule has 0 amide bonds. The highest BCUT2D eigenvalue weighted by atomic mass is 32.2. The van der Waals surface area contributed by atoms with Gasteiger partial charge in [0.1, 0.15) is 16.3 Å². The van der Waals surface area contributed by atoms with Crippen LogP contribution in [0.2, 0.25) is 0 Å². The monoisotopic (exact) mass is 264 g/mol. The number of allylic oxidation sites excluding steroid dienone is 2. The maximum Gasteiger partial charge on any atom is 0.229 e. The van der Waals surface area contributed by atoms with Crippen LogP contribution in [0.5, 0.6) is 0 Å². The molecule has 0 radical (unpaired) electrons. The molecule has 0 saturated carbocycles. The van der Waals surface area contributed by atoms with E-state index >= 15 is 0 Å². The number of sulfone groups is 1. The molecule has 2 aliphatic rings. The molecule has 0 fully saturated rings. The molecular formula is C11H8N2O4S. The van der Waals surface area contributed by atoms with Crippen LogP contribution in [0, 0.1) is 0 Å². The van der Waals surface area contributed by atoms with Crippen LogP contribution in [-0.2, 0) is 9.84 Å². The number of rotatable bonds is 0. The van der Waals surface area contributed by atoms with Gasteiger partial charge >= 0.3 is 0 Å². The van der Waals surface area contributed by atoms with Crippen molar-refractivity contribution in [2.75, 3.05) is 12.3 Å². The van der Waals surface area contributed by atoms with Crippen LogP contribution in [0.4, 0.5) is 0 Å². The maximum atomic E-state index is 12.1. The molecule has 7 heteroatoms. The van der Waals surface area contributed by atoms with Gasteiger partial charge in [-0.1, -0.05) is 0 Å². The summed E-state index contributed by atoms with van der Waals surface area (Å²) >= 11 is 0. The topological polar surface area (TPSA) is 93.2 Å². The number of hydrogen-bond acceptors (Lipinski definition) is 6. The molecular weight excluding hydrogens is 256 g/mol. The Morgan fingerprint density at radius 1 is 1.22 bits per heavy atom. The van der Waals surface area contributed by atoms with E-state index in [4.69, 9.17) is 0 Å². The summed E-state index contributed by atoms with van der Waals surface area (Å²) in [7, 11) is -3.69. The summed E-state index contributed by atoms with van der Waals surface area (Å²) in [5, 5.41) is 2.69. The Hall–Kier alpha value is -2.02. The highest BCUT2D eigenvalue weighted by molar-refractivity contribution is 7.96. The molecule has 1 aromatic heterocycles. The average molecular weight is 264 g/mol. The largest absolute Gasteiger partial charge is 0.380 e. The third-order valence-corrected chi connectivity index (χ3v) is 4.66. The molecule has 0 spiro atoms. The first-order chi connectivity index (χ1) is 8.52. The minimum Gasteiger partial charge on any atom is -0.380 e. The van der Waals surface area contributed by atoms with Crippen molar-refractivity contribution in [2.45, 2.75) is 0 Å². The maximum absolute atomic E-state index is 12.1.